The summed E-state index contributed by atoms with van der Waals surface area (Å²) >= 11 is 0. The van der Waals surface area contributed by atoms with Crippen LogP contribution in [0.1, 0.15) is 55.6 Å². The van der Waals surface area contributed by atoms with Gasteiger partial charge in [0.05, 0.1) is 29.4 Å². The maximum Gasteiger partial charge on any atom is 0.275 e. The monoisotopic (exact) mass is 560 g/mol. The molecule has 2 N–H and O–H groups in total. The normalized spacial score (nSPS) is 15.2. The Balaban J connectivity index is 1.74. The highest BCUT2D eigenvalue weighted by Gasteiger charge is 2.30. The lowest BCUT2D eigenvalue weighted by atomic mass is 9.95. The van der Waals surface area contributed by atoms with Gasteiger partial charge in [0.1, 0.15) is 22.6 Å². The van der Waals surface area contributed by atoms with E-state index >= 15 is 0 Å². The third-order valence-electron chi connectivity index (χ3n) is 7.20. The fourth-order valence-corrected chi connectivity index (χ4v) is 6.69. The SMILES string of the molecule is CCCc1c(C=O)n(C)c2c(=O)[nH]c(-c3cc(S(=O)(=O)N4CCC(CCON[O-])CC4)ccc3OCC)nc12. The van der Waals surface area contributed by atoms with E-state index in [0.29, 0.717) is 73.5 Å². The van der Waals surface area contributed by atoms with E-state index < -0.39 is 15.6 Å². The van der Waals surface area contributed by atoms with Crippen LogP contribution in [-0.4, -0.2) is 59.8 Å². The molecule has 0 aliphatic carbocycles. The zero-order valence-corrected chi connectivity index (χ0v) is 23.2. The molecule has 2 aromatic heterocycles. The smallest absolute Gasteiger partial charge is 0.275 e. The standard InChI is InChI=1S/C26H34N5O7S/c1-4-6-19-21(16-32)30(3)24-23(19)27-25(28-26(24)33)20-15-18(7-8-22(20)37-5-2)39(35,36)31-12-9-17(10-13-31)11-14-38-29-34/h7-8,15-17,29H,4-6,9-14H2,1-3H3,(H,27,28,33)/q-1. The van der Waals surface area contributed by atoms with Crippen molar-refractivity contribution in [2.45, 2.75) is 50.8 Å². The number of aryl methyl sites for hydroxylation is 2. The Bertz CT molecular complexity index is 1490. The summed E-state index contributed by atoms with van der Waals surface area (Å²) in [5, 5.41) is 10.3. The summed E-state index contributed by atoms with van der Waals surface area (Å²) in [6.07, 6.45) is 4.02. The second-order valence-corrected chi connectivity index (χ2v) is 11.5. The molecule has 212 valence electrons. The lowest BCUT2D eigenvalue weighted by molar-refractivity contribution is 0.0561. The third-order valence-corrected chi connectivity index (χ3v) is 9.10. The molecule has 12 nitrogen and oxygen atoms in total. The van der Waals surface area contributed by atoms with Crippen LogP contribution in [0.25, 0.3) is 22.4 Å². The summed E-state index contributed by atoms with van der Waals surface area (Å²) in [6.45, 7) is 5.08. The molecule has 4 rings (SSSR count). The number of hydrogen-bond donors (Lipinski definition) is 2. The summed E-state index contributed by atoms with van der Waals surface area (Å²) in [5.74, 6) is 0.813. The zero-order chi connectivity index (χ0) is 28.2. The molecule has 0 spiro atoms. The van der Waals surface area contributed by atoms with Gasteiger partial charge in [-0.15, -0.1) is 0 Å². The minimum Gasteiger partial charge on any atom is -0.765 e. The Morgan fingerprint density at radius 2 is 2.00 bits per heavy atom. The number of nitrogens with one attached hydrogen (secondary N) is 2. The van der Waals surface area contributed by atoms with Gasteiger partial charge < -0.3 is 24.3 Å². The van der Waals surface area contributed by atoms with Gasteiger partial charge in [-0.25, -0.2) is 13.4 Å². The number of fused-ring (bicyclic) bond motifs is 1. The van der Waals surface area contributed by atoms with Crippen molar-refractivity contribution in [3.63, 3.8) is 0 Å². The van der Waals surface area contributed by atoms with Crippen LogP contribution in [0, 0.1) is 11.1 Å². The molecule has 1 fully saturated rings. The van der Waals surface area contributed by atoms with Crippen LogP contribution in [0.4, 0.5) is 0 Å². The number of H-pyrrole nitrogens is 1. The lowest BCUT2D eigenvalue weighted by Crippen LogP contribution is -2.38. The lowest BCUT2D eigenvalue weighted by Gasteiger charge is -2.31. The molecule has 1 aliphatic heterocycles. The first-order valence-corrected chi connectivity index (χ1v) is 14.5. The fraction of sp³-hybridized carbons (Fsp3) is 0.500. The predicted molar refractivity (Wildman–Crippen MR) is 146 cm³/mol. The van der Waals surface area contributed by atoms with E-state index in [0.717, 1.165) is 12.7 Å². The van der Waals surface area contributed by atoms with Crippen LogP contribution < -0.4 is 15.9 Å². The Labute approximate surface area is 226 Å². The van der Waals surface area contributed by atoms with E-state index in [-0.39, 0.29) is 28.8 Å². The van der Waals surface area contributed by atoms with Gasteiger partial charge in [0.15, 0.2) is 6.29 Å². The van der Waals surface area contributed by atoms with E-state index in [2.05, 4.69) is 9.82 Å². The van der Waals surface area contributed by atoms with Crippen molar-refractivity contribution in [2.75, 3.05) is 26.3 Å². The molecular weight excluding hydrogens is 526 g/mol. The van der Waals surface area contributed by atoms with Crippen LogP contribution in [0.5, 0.6) is 5.75 Å². The zero-order valence-electron chi connectivity index (χ0n) is 22.4. The van der Waals surface area contributed by atoms with Gasteiger partial charge in [0.25, 0.3) is 5.56 Å². The number of ether oxygens (including phenoxy) is 1. The summed E-state index contributed by atoms with van der Waals surface area (Å²) in [6, 6.07) is 4.55. The van der Waals surface area contributed by atoms with Crippen molar-refractivity contribution in [1.29, 1.82) is 0 Å². The third kappa shape index (κ3) is 5.77. The molecule has 1 aliphatic rings. The van der Waals surface area contributed by atoms with Gasteiger partial charge >= 0.3 is 0 Å². The van der Waals surface area contributed by atoms with Crippen LogP contribution in [0.3, 0.4) is 0 Å². The van der Waals surface area contributed by atoms with Crippen molar-refractivity contribution in [2.24, 2.45) is 13.0 Å². The molecule has 0 bridgehead atoms. The van der Waals surface area contributed by atoms with Crippen molar-refractivity contribution in [3.8, 4) is 17.1 Å². The minimum absolute atomic E-state index is 0.0662. The van der Waals surface area contributed by atoms with Gasteiger partial charge in [0, 0.05) is 25.7 Å². The molecule has 0 radical (unpaired) electrons. The highest BCUT2D eigenvalue weighted by atomic mass is 32.2. The van der Waals surface area contributed by atoms with Crippen molar-refractivity contribution in [1.82, 2.24) is 24.5 Å². The van der Waals surface area contributed by atoms with Crippen LogP contribution in [0.15, 0.2) is 27.9 Å². The molecule has 13 heteroatoms. The topological polar surface area (TPSA) is 159 Å². The summed E-state index contributed by atoms with van der Waals surface area (Å²) < 4.78 is 35.9. The first-order valence-electron chi connectivity index (χ1n) is 13.1. The summed E-state index contributed by atoms with van der Waals surface area (Å²) in [5.41, 5.74) is 3.08. The first kappa shape index (κ1) is 28.9. The molecule has 0 atom stereocenters. The Kier molecular flexibility index (Phi) is 9.18. The molecule has 1 aromatic carbocycles. The maximum absolute atomic E-state index is 13.6. The van der Waals surface area contributed by atoms with Crippen LogP contribution >= 0.6 is 0 Å². The summed E-state index contributed by atoms with van der Waals surface area (Å²) in [4.78, 5) is 37.2. The number of nitrogens with zero attached hydrogens (tertiary/aromatic N) is 3. The molecule has 0 unspecified atom stereocenters. The number of aldehydes is 1. The maximum atomic E-state index is 13.6. The van der Waals surface area contributed by atoms with Gasteiger partial charge in [-0.05, 0) is 56.7 Å². The molecule has 0 amide bonds. The van der Waals surface area contributed by atoms with Gasteiger partial charge in [-0.2, -0.15) is 4.31 Å². The number of sulfonamides is 1. The van der Waals surface area contributed by atoms with E-state index in [9.17, 15) is 23.2 Å². The number of aromatic nitrogens is 3. The molecule has 3 heterocycles. The Hall–Kier alpha value is -3.10. The van der Waals surface area contributed by atoms with Gasteiger partial charge in [-0.3, -0.25) is 15.2 Å². The van der Waals surface area contributed by atoms with Gasteiger partial charge in [0.2, 0.25) is 10.0 Å². The number of carbonyl (C=O) groups excluding carboxylic acids is 1. The average Bonchev–Trinajstić information content (AvgIpc) is 3.20. The van der Waals surface area contributed by atoms with Crippen molar-refractivity contribution < 1.29 is 22.8 Å². The van der Waals surface area contributed by atoms with Gasteiger partial charge in [-0.1, -0.05) is 13.3 Å². The molecule has 3 aromatic rings. The number of aromatic amines is 1. The van der Waals surface area contributed by atoms with Crippen LogP contribution in [-0.2, 0) is 28.3 Å². The first-order chi connectivity index (χ1) is 18.8. The predicted octanol–water partition coefficient (Wildman–Crippen LogP) is 2.90. The van der Waals surface area contributed by atoms with Crippen LogP contribution in [0.2, 0.25) is 0 Å². The fourth-order valence-electron chi connectivity index (χ4n) is 5.20. The second kappa shape index (κ2) is 12.4. The highest BCUT2D eigenvalue weighted by Crippen LogP contribution is 2.34. The molecule has 39 heavy (non-hydrogen) atoms. The number of carbonyl (C=O) groups is 1. The summed E-state index contributed by atoms with van der Waals surface area (Å²) in [7, 11) is -2.18. The van der Waals surface area contributed by atoms with E-state index in [1.807, 2.05) is 13.8 Å². The van der Waals surface area contributed by atoms with E-state index in [1.165, 1.54) is 22.1 Å². The molecule has 0 saturated carbocycles. The van der Waals surface area contributed by atoms with Crippen molar-refractivity contribution >= 4 is 27.3 Å². The average molecular weight is 561 g/mol. The number of rotatable bonds is 12. The minimum atomic E-state index is -3.83. The van der Waals surface area contributed by atoms with E-state index in [1.54, 1.807) is 17.7 Å². The van der Waals surface area contributed by atoms with Crippen molar-refractivity contribution in [3.05, 3.63) is 45.0 Å². The Morgan fingerprint density at radius 3 is 2.64 bits per heavy atom. The molecule has 1 saturated heterocycles. The van der Waals surface area contributed by atoms with E-state index in [4.69, 9.17) is 9.72 Å². The number of hydrogen-bond acceptors (Lipinski definition) is 9. The highest BCUT2D eigenvalue weighted by molar-refractivity contribution is 7.89. The quantitative estimate of drug-likeness (QED) is 0.193. The number of piperidine rings is 1. The largest absolute Gasteiger partial charge is 0.765 e. The Morgan fingerprint density at radius 1 is 1.26 bits per heavy atom. The second-order valence-electron chi connectivity index (χ2n) is 9.56. The number of benzene rings is 1. The molecular formula is C26H34N5O7S-.